The van der Waals surface area contributed by atoms with Crippen LogP contribution in [0.4, 0.5) is 0 Å². The average Bonchev–Trinajstić information content (AvgIpc) is 2.85. The van der Waals surface area contributed by atoms with Crippen LogP contribution >= 0.6 is 0 Å². The van der Waals surface area contributed by atoms with E-state index in [1.54, 1.807) is 24.4 Å². The fourth-order valence-corrected chi connectivity index (χ4v) is 1.75. The van der Waals surface area contributed by atoms with Crippen LogP contribution in [0, 0.1) is 12.3 Å². The summed E-state index contributed by atoms with van der Waals surface area (Å²) in [6.45, 7) is 0. The third-order valence-corrected chi connectivity index (χ3v) is 2.74. The number of terminal acetylenes is 1. The summed E-state index contributed by atoms with van der Waals surface area (Å²) in [4.78, 5) is 25.9. The summed E-state index contributed by atoms with van der Waals surface area (Å²) in [5.41, 5.74) is 1.31. The maximum atomic E-state index is 11.9. The topological polar surface area (TPSA) is 82.2 Å². The zero-order valence-corrected chi connectivity index (χ0v) is 10.0. The Bertz CT molecular complexity index is 667. The van der Waals surface area contributed by atoms with E-state index in [1.165, 1.54) is 0 Å². The lowest BCUT2D eigenvalue weighted by Crippen LogP contribution is -2.40. The lowest BCUT2D eigenvalue weighted by atomic mass is 10.1. The summed E-state index contributed by atoms with van der Waals surface area (Å²) in [7, 11) is 0. The van der Waals surface area contributed by atoms with Crippen LogP contribution in [-0.4, -0.2) is 28.0 Å². The highest BCUT2D eigenvalue weighted by Gasteiger charge is 2.19. The molecule has 0 fully saturated rings. The van der Waals surface area contributed by atoms with Crippen LogP contribution in [0.5, 0.6) is 0 Å². The quantitative estimate of drug-likeness (QED) is 0.723. The van der Waals surface area contributed by atoms with Gasteiger partial charge in [-0.3, -0.25) is 4.79 Å². The summed E-state index contributed by atoms with van der Waals surface area (Å²) in [5, 5.41) is 12.2. The second-order valence-corrected chi connectivity index (χ2v) is 4.05. The van der Waals surface area contributed by atoms with Crippen molar-refractivity contribution in [1.29, 1.82) is 0 Å². The lowest BCUT2D eigenvalue weighted by Gasteiger charge is -2.11. The number of aromatic nitrogens is 1. The highest BCUT2D eigenvalue weighted by Crippen LogP contribution is 2.14. The number of carbonyl (C=O) groups excluding carboxylic acids is 1. The van der Waals surface area contributed by atoms with Crippen molar-refractivity contribution in [1.82, 2.24) is 10.3 Å². The molecule has 2 rings (SSSR count). The van der Waals surface area contributed by atoms with Gasteiger partial charge in [0, 0.05) is 29.1 Å². The lowest BCUT2D eigenvalue weighted by molar-refractivity contribution is -0.139. The Morgan fingerprint density at radius 1 is 1.42 bits per heavy atom. The zero-order chi connectivity index (χ0) is 13.8. The summed E-state index contributed by atoms with van der Waals surface area (Å²) < 4.78 is 0. The molecule has 1 unspecified atom stereocenters. The van der Waals surface area contributed by atoms with Crippen LogP contribution in [0.2, 0.25) is 0 Å². The van der Waals surface area contributed by atoms with Gasteiger partial charge in [0.15, 0.2) is 0 Å². The predicted octanol–water partition coefficient (Wildman–Crippen LogP) is 1.37. The summed E-state index contributed by atoms with van der Waals surface area (Å²) in [6, 6.07) is 5.85. The molecule has 1 atom stereocenters. The van der Waals surface area contributed by atoms with Crippen LogP contribution in [0.1, 0.15) is 16.8 Å². The molecule has 3 N–H and O–H groups in total. The number of nitrogens with one attached hydrogen (secondary N) is 2. The largest absolute Gasteiger partial charge is 0.480 e. The van der Waals surface area contributed by atoms with E-state index in [9.17, 15) is 9.59 Å². The van der Waals surface area contributed by atoms with Gasteiger partial charge in [0.05, 0.1) is 0 Å². The first-order valence-electron chi connectivity index (χ1n) is 5.66. The minimum Gasteiger partial charge on any atom is -0.480 e. The molecule has 5 nitrogen and oxygen atoms in total. The van der Waals surface area contributed by atoms with E-state index in [-0.39, 0.29) is 6.42 Å². The van der Waals surface area contributed by atoms with Gasteiger partial charge in [0.2, 0.25) is 0 Å². The Kier molecular flexibility index (Phi) is 3.53. The van der Waals surface area contributed by atoms with Crippen LogP contribution in [0.25, 0.3) is 10.9 Å². The van der Waals surface area contributed by atoms with E-state index in [1.807, 2.05) is 6.07 Å². The highest BCUT2D eigenvalue weighted by atomic mass is 16.4. The predicted molar refractivity (Wildman–Crippen MR) is 70.6 cm³/mol. The molecule has 19 heavy (non-hydrogen) atoms. The molecule has 0 saturated heterocycles. The van der Waals surface area contributed by atoms with E-state index < -0.39 is 17.9 Å². The second-order valence-electron chi connectivity index (χ2n) is 4.05. The fourth-order valence-electron chi connectivity index (χ4n) is 1.75. The SMILES string of the molecule is C#CCC(NC(=O)c1ccc2[nH]ccc2c1)C(=O)O. The molecule has 0 aliphatic heterocycles. The molecule has 1 heterocycles. The van der Waals surface area contributed by atoms with Crippen LogP contribution in [0.15, 0.2) is 30.5 Å². The molecule has 1 amide bonds. The third-order valence-electron chi connectivity index (χ3n) is 2.74. The normalized spacial score (nSPS) is 11.7. The summed E-state index contributed by atoms with van der Waals surface area (Å²) in [5.74, 6) is 0.633. The maximum absolute atomic E-state index is 11.9. The van der Waals surface area contributed by atoms with Gasteiger partial charge >= 0.3 is 5.97 Å². The van der Waals surface area contributed by atoms with Crippen molar-refractivity contribution < 1.29 is 14.7 Å². The summed E-state index contributed by atoms with van der Waals surface area (Å²) in [6.07, 6.45) is 6.79. The van der Waals surface area contributed by atoms with Crippen molar-refractivity contribution in [3.8, 4) is 12.3 Å². The molecular formula is C14H12N2O3. The number of carbonyl (C=O) groups is 2. The van der Waals surface area contributed by atoms with Gasteiger partial charge in [-0.05, 0) is 24.3 Å². The Morgan fingerprint density at radius 2 is 2.21 bits per heavy atom. The molecule has 1 aromatic heterocycles. The zero-order valence-electron chi connectivity index (χ0n) is 10.0. The Balaban J connectivity index is 2.18. The van der Waals surface area contributed by atoms with Gasteiger partial charge in [-0.1, -0.05) is 0 Å². The number of aromatic amines is 1. The Hall–Kier alpha value is -2.74. The number of carboxylic acids is 1. The van der Waals surface area contributed by atoms with Gasteiger partial charge in [-0.15, -0.1) is 12.3 Å². The van der Waals surface area contributed by atoms with Crippen LogP contribution < -0.4 is 5.32 Å². The number of benzene rings is 1. The maximum Gasteiger partial charge on any atom is 0.327 e. The molecular weight excluding hydrogens is 244 g/mol. The highest BCUT2D eigenvalue weighted by molar-refractivity contribution is 5.99. The van der Waals surface area contributed by atoms with E-state index in [0.29, 0.717) is 5.56 Å². The first-order valence-corrected chi connectivity index (χ1v) is 5.66. The smallest absolute Gasteiger partial charge is 0.327 e. The van der Waals surface area contributed by atoms with Crippen molar-refractivity contribution in [2.45, 2.75) is 12.5 Å². The molecule has 1 aromatic carbocycles. The summed E-state index contributed by atoms with van der Waals surface area (Å²) >= 11 is 0. The Morgan fingerprint density at radius 3 is 2.89 bits per heavy atom. The number of amides is 1. The number of carboxylic acid groups (broad SMARTS) is 1. The fraction of sp³-hybridized carbons (Fsp3) is 0.143. The number of aliphatic carboxylic acids is 1. The molecule has 0 aliphatic rings. The van der Waals surface area contributed by atoms with Gasteiger partial charge in [-0.2, -0.15) is 0 Å². The van der Waals surface area contributed by atoms with Crippen molar-refractivity contribution in [3.63, 3.8) is 0 Å². The standard InChI is InChI=1S/C14H12N2O3/c1-2-3-12(14(18)19)16-13(17)10-4-5-11-9(8-10)6-7-15-11/h1,4-8,12,15H,3H2,(H,16,17)(H,18,19). The monoisotopic (exact) mass is 256 g/mol. The molecule has 0 radical (unpaired) electrons. The minimum atomic E-state index is -1.14. The molecule has 0 bridgehead atoms. The van der Waals surface area contributed by atoms with Gasteiger partial charge in [-0.25, -0.2) is 4.79 Å². The van der Waals surface area contributed by atoms with Crippen molar-refractivity contribution in [2.75, 3.05) is 0 Å². The van der Waals surface area contributed by atoms with Crippen molar-refractivity contribution in [3.05, 3.63) is 36.0 Å². The van der Waals surface area contributed by atoms with Crippen molar-refractivity contribution >= 4 is 22.8 Å². The number of hydrogen-bond acceptors (Lipinski definition) is 2. The van der Waals surface area contributed by atoms with Crippen molar-refractivity contribution in [2.24, 2.45) is 0 Å². The molecule has 96 valence electrons. The van der Waals surface area contributed by atoms with E-state index in [2.05, 4.69) is 16.2 Å². The minimum absolute atomic E-state index is 0.0481. The van der Waals surface area contributed by atoms with E-state index >= 15 is 0 Å². The third kappa shape index (κ3) is 2.75. The molecule has 0 saturated carbocycles. The first kappa shape index (κ1) is 12.7. The van der Waals surface area contributed by atoms with Gasteiger partial charge in [0.1, 0.15) is 6.04 Å². The average molecular weight is 256 g/mol. The number of hydrogen-bond donors (Lipinski definition) is 3. The second kappa shape index (κ2) is 5.27. The molecule has 0 aliphatic carbocycles. The van der Waals surface area contributed by atoms with E-state index in [0.717, 1.165) is 10.9 Å². The Labute approximate surface area is 109 Å². The number of rotatable bonds is 4. The number of fused-ring (bicyclic) bond motifs is 1. The number of H-pyrrole nitrogens is 1. The van der Waals surface area contributed by atoms with Crippen LogP contribution in [0.3, 0.4) is 0 Å². The molecule has 2 aromatic rings. The van der Waals surface area contributed by atoms with Gasteiger partial charge in [0.25, 0.3) is 5.91 Å². The van der Waals surface area contributed by atoms with Crippen LogP contribution in [-0.2, 0) is 4.79 Å². The molecule has 5 heteroatoms. The first-order chi connectivity index (χ1) is 9.11. The van der Waals surface area contributed by atoms with E-state index in [4.69, 9.17) is 11.5 Å². The van der Waals surface area contributed by atoms with Gasteiger partial charge < -0.3 is 15.4 Å². The molecule has 0 spiro atoms.